The molecule has 0 heterocycles. The van der Waals surface area contributed by atoms with Crippen LogP contribution in [0.3, 0.4) is 0 Å². The molecule has 1 unspecified atom stereocenters. The van der Waals surface area contributed by atoms with Gasteiger partial charge in [-0.3, -0.25) is 15.6 Å². The van der Waals surface area contributed by atoms with E-state index < -0.39 is 30.3 Å². The lowest BCUT2D eigenvalue weighted by Crippen LogP contribution is -2.45. The zero-order valence-electron chi connectivity index (χ0n) is 25.8. The van der Waals surface area contributed by atoms with Crippen LogP contribution in [-0.2, 0) is 32.2 Å². The number of guanidine groups is 1. The Balaban J connectivity index is 1.17. The minimum Gasteiger partial charge on any atom is -0.480 e. The topological polar surface area (TPSA) is 165 Å². The molecule has 0 saturated heterocycles. The van der Waals surface area contributed by atoms with Crippen molar-refractivity contribution >= 4 is 30.2 Å². The molecule has 0 bridgehead atoms. The van der Waals surface area contributed by atoms with Crippen molar-refractivity contribution < 1.29 is 38.5 Å². The molecule has 0 radical (unpaired) electrons. The number of hydrogen-bond donors (Lipinski definition) is 4. The number of carboxylic acids is 1. The Labute approximate surface area is 276 Å². The number of nitrogens with one attached hydrogen (secondary N) is 3. The average molecular weight is 651 g/mol. The van der Waals surface area contributed by atoms with E-state index in [9.17, 15) is 24.3 Å². The number of carboxylic acid groups (broad SMARTS) is 1. The number of amides is 3. The molecule has 1 aliphatic carbocycles. The molecule has 5 rings (SSSR count). The number of benzene rings is 4. The molecule has 0 aromatic heterocycles. The van der Waals surface area contributed by atoms with E-state index in [4.69, 9.17) is 14.2 Å². The molecule has 12 nitrogen and oxygen atoms in total. The summed E-state index contributed by atoms with van der Waals surface area (Å²) in [6.45, 7) is -0.278. The molecule has 0 aliphatic heterocycles. The number of nitrogens with zero attached hydrogens (tertiary/aromatic N) is 1. The minimum absolute atomic E-state index is 0.0124. The molecule has 12 heteroatoms. The Morgan fingerprint density at radius 2 is 1.12 bits per heavy atom. The third-order valence-electron chi connectivity index (χ3n) is 7.49. The lowest BCUT2D eigenvalue weighted by molar-refractivity contribution is -0.139. The van der Waals surface area contributed by atoms with Gasteiger partial charge in [0.2, 0.25) is 5.96 Å². The molecule has 1 aliphatic rings. The zero-order valence-corrected chi connectivity index (χ0v) is 25.8. The van der Waals surface area contributed by atoms with Crippen molar-refractivity contribution in [2.24, 2.45) is 4.99 Å². The molecular weight excluding hydrogens is 616 g/mol. The summed E-state index contributed by atoms with van der Waals surface area (Å²) in [7, 11) is 0. The first kappa shape index (κ1) is 33.2. The van der Waals surface area contributed by atoms with Crippen molar-refractivity contribution in [3.63, 3.8) is 0 Å². The van der Waals surface area contributed by atoms with Crippen LogP contribution >= 0.6 is 0 Å². The molecule has 0 saturated carbocycles. The average Bonchev–Trinajstić information content (AvgIpc) is 3.42. The summed E-state index contributed by atoms with van der Waals surface area (Å²) < 4.78 is 15.9. The second kappa shape index (κ2) is 16.4. The van der Waals surface area contributed by atoms with E-state index in [2.05, 4.69) is 20.9 Å². The molecule has 4 aromatic rings. The lowest BCUT2D eigenvalue weighted by atomic mass is 9.98. The molecule has 1 atom stereocenters. The van der Waals surface area contributed by atoms with Crippen molar-refractivity contribution in [3.05, 3.63) is 131 Å². The van der Waals surface area contributed by atoms with Crippen LogP contribution in [-0.4, -0.2) is 54.5 Å². The molecule has 0 spiro atoms. The zero-order chi connectivity index (χ0) is 33.7. The molecule has 0 fully saturated rings. The first-order valence-corrected chi connectivity index (χ1v) is 15.2. The Hall–Kier alpha value is -6.17. The third-order valence-corrected chi connectivity index (χ3v) is 7.49. The molecular formula is C36H34N4O8. The summed E-state index contributed by atoms with van der Waals surface area (Å²) in [5.74, 6) is -1.83. The van der Waals surface area contributed by atoms with E-state index in [0.29, 0.717) is 0 Å². The van der Waals surface area contributed by atoms with Crippen LogP contribution in [0.2, 0.25) is 0 Å². The lowest BCUT2D eigenvalue weighted by Gasteiger charge is -2.17. The van der Waals surface area contributed by atoms with E-state index >= 15 is 0 Å². The van der Waals surface area contributed by atoms with Gasteiger partial charge in [-0.05, 0) is 39.8 Å². The summed E-state index contributed by atoms with van der Waals surface area (Å²) >= 11 is 0. The number of rotatable bonds is 11. The maximum atomic E-state index is 12.7. The van der Waals surface area contributed by atoms with Gasteiger partial charge >= 0.3 is 24.2 Å². The number of aliphatic imine (C=N–C) groups is 1. The summed E-state index contributed by atoms with van der Waals surface area (Å²) in [5.41, 5.74) is 5.65. The predicted octanol–water partition coefficient (Wildman–Crippen LogP) is 5.58. The molecule has 4 aromatic carbocycles. The standard InChI is InChI=1S/C36H34N4O8/c41-32(42)31(38-34(43)48-23-30-28-17-9-7-15-26(28)27-16-8-10-18-29(27)30)19-20-37-33(39-35(44)46-21-24-11-3-1-4-12-24)40-36(45)47-22-25-13-5-2-6-14-25/h1-18,30-31H,19-23H2,(H,38,43)(H,41,42)(H2,37,39,40,44,45). The first-order valence-electron chi connectivity index (χ1n) is 15.2. The number of ether oxygens (including phenoxy) is 3. The van der Waals surface area contributed by atoms with E-state index in [1.165, 1.54) is 0 Å². The van der Waals surface area contributed by atoms with Crippen LogP contribution in [0.15, 0.2) is 114 Å². The van der Waals surface area contributed by atoms with Gasteiger partial charge in [0.15, 0.2) is 0 Å². The Kier molecular flexibility index (Phi) is 11.3. The second-order valence-corrected chi connectivity index (χ2v) is 10.8. The van der Waals surface area contributed by atoms with E-state index in [-0.39, 0.29) is 44.7 Å². The Morgan fingerprint density at radius 3 is 1.62 bits per heavy atom. The molecule has 4 N–H and O–H groups in total. The largest absolute Gasteiger partial charge is 0.480 e. The van der Waals surface area contributed by atoms with Gasteiger partial charge in [0.25, 0.3) is 0 Å². The number of aliphatic carboxylic acids is 1. The second-order valence-electron chi connectivity index (χ2n) is 10.8. The number of carbonyl (C=O) groups excluding carboxylic acids is 3. The highest BCUT2D eigenvalue weighted by molar-refractivity contribution is 6.01. The number of carbonyl (C=O) groups is 4. The fourth-order valence-corrected chi connectivity index (χ4v) is 5.17. The van der Waals surface area contributed by atoms with Crippen LogP contribution in [0, 0.1) is 0 Å². The van der Waals surface area contributed by atoms with E-state index in [0.717, 1.165) is 33.4 Å². The maximum Gasteiger partial charge on any atom is 0.414 e. The van der Waals surface area contributed by atoms with Crippen LogP contribution in [0.1, 0.15) is 34.6 Å². The van der Waals surface area contributed by atoms with Crippen molar-refractivity contribution in [3.8, 4) is 11.1 Å². The molecule has 246 valence electrons. The van der Waals surface area contributed by atoms with Gasteiger partial charge in [-0.2, -0.15) is 0 Å². The van der Waals surface area contributed by atoms with Crippen molar-refractivity contribution in [1.29, 1.82) is 0 Å². The third kappa shape index (κ3) is 9.19. The first-order chi connectivity index (χ1) is 23.4. The highest BCUT2D eigenvalue weighted by Crippen LogP contribution is 2.44. The van der Waals surface area contributed by atoms with Gasteiger partial charge in [-0.15, -0.1) is 0 Å². The molecule has 3 amide bonds. The fourth-order valence-electron chi connectivity index (χ4n) is 5.17. The van der Waals surface area contributed by atoms with Gasteiger partial charge < -0.3 is 24.6 Å². The minimum atomic E-state index is -1.37. The van der Waals surface area contributed by atoms with Crippen LogP contribution in [0.4, 0.5) is 14.4 Å². The molecule has 48 heavy (non-hydrogen) atoms. The van der Waals surface area contributed by atoms with Gasteiger partial charge in [0.1, 0.15) is 25.9 Å². The Morgan fingerprint density at radius 1 is 0.646 bits per heavy atom. The monoisotopic (exact) mass is 650 g/mol. The number of alkyl carbamates (subject to hydrolysis) is 3. The van der Waals surface area contributed by atoms with Gasteiger partial charge in [0, 0.05) is 12.5 Å². The van der Waals surface area contributed by atoms with Crippen LogP contribution < -0.4 is 16.0 Å². The highest BCUT2D eigenvalue weighted by Gasteiger charge is 2.29. The highest BCUT2D eigenvalue weighted by atomic mass is 16.6. The Bertz CT molecular complexity index is 1660. The summed E-state index contributed by atoms with van der Waals surface area (Å²) in [5, 5.41) is 16.8. The van der Waals surface area contributed by atoms with Crippen molar-refractivity contribution in [1.82, 2.24) is 16.0 Å². The normalized spacial score (nSPS) is 12.0. The fraction of sp³-hybridized carbons (Fsp3) is 0.194. The maximum absolute atomic E-state index is 12.7. The quantitative estimate of drug-likeness (QED) is 0.0929. The van der Waals surface area contributed by atoms with Crippen LogP contribution in [0.5, 0.6) is 0 Å². The van der Waals surface area contributed by atoms with Gasteiger partial charge in [-0.1, -0.05) is 109 Å². The van der Waals surface area contributed by atoms with Crippen LogP contribution in [0.25, 0.3) is 11.1 Å². The van der Waals surface area contributed by atoms with Gasteiger partial charge in [-0.25, -0.2) is 19.2 Å². The van der Waals surface area contributed by atoms with Crippen molar-refractivity contribution in [2.75, 3.05) is 13.2 Å². The summed E-state index contributed by atoms with van der Waals surface area (Å²) in [6, 6.07) is 32.3. The SMILES string of the molecule is O=C(NC(=NCCC(NC(=O)OCC1c2ccccc2-c2ccccc21)C(=O)O)NC(=O)OCc1ccccc1)OCc1ccccc1. The number of hydrogen-bond acceptors (Lipinski definition) is 8. The van der Waals surface area contributed by atoms with E-state index in [1.807, 2.05) is 60.7 Å². The van der Waals surface area contributed by atoms with Crippen molar-refractivity contribution in [2.45, 2.75) is 31.6 Å². The van der Waals surface area contributed by atoms with E-state index in [1.54, 1.807) is 48.5 Å². The summed E-state index contributed by atoms with van der Waals surface area (Å²) in [4.78, 5) is 53.9. The summed E-state index contributed by atoms with van der Waals surface area (Å²) in [6.07, 6.45) is -2.91. The number of fused-ring (bicyclic) bond motifs is 3. The predicted molar refractivity (Wildman–Crippen MR) is 176 cm³/mol. The smallest absolute Gasteiger partial charge is 0.414 e. The van der Waals surface area contributed by atoms with Gasteiger partial charge in [0.05, 0.1) is 0 Å².